The average Bonchev–Trinajstić information content (AvgIpc) is 3.08. The summed E-state index contributed by atoms with van der Waals surface area (Å²) in [7, 11) is -4.02. The third-order valence-corrected chi connectivity index (χ3v) is 4.72. The van der Waals surface area contributed by atoms with E-state index in [9.17, 15) is 21.6 Å². The Morgan fingerprint density at radius 1 is 1.04 bits per heavy atom. The smallest absolute Gasteiger partial charge is 0.416 e. The van der Waals surface area contributed by atoms with Crippen LogP contribution in [0.1, 0.15) is 5.56 Å². The van der Waals surface area contributed by atoms with Gasteiger partial charge in [0.25, 0.3) is 10.0 Å². The first-order valence-electron chi connectivity index (χ1n) is 6.95. The van der Waals surface area contributed by atoms with Gasteiger partial charge < -0.3 is 4.42 Å². The van der Waals surface area contributed by atoms with Gasteiger partial charge in [-0.3, -0.25) is 4.72 Å². The molecule has 130 valence electrons. The Kier molecular flexibility index (Phi) is 4.25. The molecule has 0 unspecified atom stereocenters. The fourth-order valence-corrected chi connectivity index (χ4v) is 3.18. The molecular formula is C16H11F3N2O3S. The van der Waals surface area contributed by atoms with E-state index >= 15 is 0 Å². The largest absolute Gasteiger partial charge is 0.444 e. The third-order valence-electron chi connectivity index (χ3n) is 3.32. The van der Waals surface area contributed by atoms with Gasteiger partial charge in [-0.1, -0.05) is 12.1 Å². The molecule has 1 aromatic heterocycles. The van der Waals surface area contributed by atoms with Crippen molar-refractivity contribution in [1.82, 2.24) is 4.98 Å². The molecule has 0 spiro atoms. The van der Waals surface area contributed by atoms with Crippen molar-refractivity contribution in [3.63, 3.8) is 0 Å². The molecule has 0 aliphatic heterocycles. The van der Waals surface area contributed by atoms with Crippen LogP contribution >= 0.6 is 0 Å². The van der Waals surface area contributed by atoms with Crippen molar-refractivity contribution in [2.75, 3.05) is 4.72 Å². The molecule has 0 bridgehead atoms. The number of benzene rings is 2. The summed E-state index contributed by atoms with van der Waals surface area (Å²) in [5.74, 6) is 0.454. The lowest BCUT2D eigenvalue weighted by Crippen LogP contribution is -2.13. The highest BCUT2D eigenvalue weighted by Crippen LogP contribution is 2.30. The van der Waals surface area contributed by atoms with E-state index in [0.29, 0.717) is 11.3 Å². The molecule has 0 amide bonds. The molecule has 0 aliphatic rings. The number of nitrogens with one attached hydrogen (secondary N) is 1. The number of aromatic nitrogens is 1. The van der Waals surface area contributed by atoms with Gasteiger partial charge >= 0.3 is 6.18 Å². The molecule has 2 aromatic carbocycles. The molecule has 3 rings (SSSR count). The van der Waals surface area contributed by atoms with E-state index in [2.05, 4.69) is 9.71 Å². The first-order valence-corrected chi connectivity index (χ1v) is 8.43. The van der Waals surface area contributed by atoms with Gasteiger partial charge in [0, 0.05) is 11.3 Å². The average molecular weight is 368 g/mol. The van der Waals surface area contributed by atoms with Crippen molar-refractivity contribution in [3.8, 4) is 11.3 Å². The number of hydrogen-bond acceptors (Lipinski definition) is 4. The van der Waals surface area contributed by atoms with E-state index in [4.69, 9.17) is 4.42 Å². The second-order valence-electron chi connectivity index (χ2n) is 5.07. The maximum atomic E-state index is 12.6. The summed E-state index contributed by atoms with van der Waals surface area (Å²) in [6.45, 7) is 0. The Bertz CT molecular complexity index is 967. The maximum absolute atomic E-state index is 12.6. The monoisotopic (exact) mass is 368 g/mol. The zero-order chi connectivity index (χ0) is 18.1. The van der Waals surface area contributed by atoms with Crippen LogP contribution in [0.25, 0.3) is 11.3 Å². The van der Waals surface area contributed by atoms with Crippen LogP contribution < -0.4 is 4.72 Å². The normalized spacial score (nSPS) is 12.1. The third kappa shape index (κ3) is 3.82. The number of nitrogens with zero attached hydrogens (tertiary/aromatic N) is 1. The number of hydrogen-bond donors (Lipinski definition) is 1. The number of halogens is 3. The number of alkyl halides is 3. The highest BCUT2D eigenvalue weighted by Gasteiger charge is 2.30. The van der Waals surface area contributed by atoms with Crippen LogP contribution in [0, 0.1) is 0 Å². The Morgan fingerprint density at radius 3 is 2.36 bits per heavy atom. The lowest BCUT2D eigenvalue weighted by Gasteiger charge is -2.10. The molecule has 1 N–H and O–H groups in total. The van der Waals surface area contributed by atoms with Gasteiger partial charge in [-0.25, -0.2) is 13.4 Å². The van der Waals surface area contributed by atoms with Crippen molar-refractivity contribution in [2.24, 2.45) is 0 Å². The fourth-order valence-electron chi connectivity index (χ4n) is 2.13. The maximum Gasteiger partial charge on any atom is 0.416 e. The Hall–Kier alpha value is -2.81. The van der Waals surface area contributed by atoms with Gasteiger partial charge in [-0.15, -0.1) is 0 Å². The molecule has 0 saturated heterocycles. The SMILES string of the molecule is O=S(=O)(Nc1cccc(-c2cnco2)c1)c1ccc(C(F)(F)F)cc1. The standard InChI is InChI=1S/C16H11F3N2O3S/c17-16(18,19)12-4-6-14(7-5-12)25(22,23)21-13-3-1-2-11(8-13)15-9-20-10-24-15/h1-10,21H. The van der Waals surface area contributed by atoms with Gasteiger partial charge in [-0.2, -0.15) is 13.2 Å². The molecular weight excluding hydrogens is 357 g/mol. The minimum atomic E-state index is -4.53. The predicted molar refractivity (Wildman–Crippen MR) is 84.2 cm³/mol. The number of rotatable bonds is 4. The van der Waals surface area contributed by atoms with E-state index < -0.39 is 21.8 Å². The van der Waals surface area contributed by atoms with E-state index in [1.165, 1.54) is 24.7 Å². The minimum absolute atomic E-state index is 0.244. The van der Waals surface area contributed by atoms with E-state index in [0.717, 1.165) is 24.3 Å². The van der Waals surface area contributed by atoms with Gasteiger partial charge in [0.05, 0.1) is 16.7 Å². The molecule has 25 heavy (non-hydrogen) atoms. The molecule has 0 saturated carbocycles. The highest BCUT2D eigenvalue weighted by molar-refractivity contribution is 7.92. The van der Waals surface area contributed by atoms with Crippen LogP contribution in [0.5, 0.6) is 0 Å². The topological polar surface area (TPSA) is 72.2 Å². The molecule has 9 heteroatoms. The number of sulfonamides is 1. The van der Waals surface area contributed by atoms with Crippen molar-refractivity contribution in [2.45, 2.75) is 11.1 Å². The lowest BCUT2D eigenvalue weighted by molar-refractivity contribution is -0.137. The Labute approximate surface area is 141 Å². The summed E-state index contributed by atoms with van der Waals surface area (Å²) in [6, 6.07) is 9.62. The second-order valence-corrected chi connectivity index (χ2v) is 6.76. The van der Waals surface area contributed by atoms with E-state index in [1.54, 1.807) is 12.1 Å². The summed E-state index contributed by atoms with van der Waals surface area (Å²) < 4.78 is 69.8. The van der Waals surface area contributed by atoms with Crippen LogP contribution in [0.3, 0.4) is 0 Å². The van der Waals surface area contributed by atoms with Crippen LogP contribution in [0.4, 0.5) is 18.9 Å². The fraction of sp³-hybridized carbons (Fsp3) is 0.0625. The zero-order valence-electron chi connectivity index (χ0n) is 12.5. The van der Waals surface area contributed by atoms with Gasteiger partial charge in [0.15, 0.2) is 12.2 Å². The van der Waals surface area contributed by atoms with Crippen molar-refractivity contribution >= 4 is 15.7 Å². The van der Waals surface area contributed by atoms with Gasteiger partial charge in [0.1, 0.15) is 0 Å². The van der Waals surface area contributed by atoms with E-state index in [1.807, 2.05) is 0 Å². The van der Waals surface area contributed by atoms with Crippen LogP contribution in [0.15, 0.2) is 70.4 Å². The molecule has 0 atom stereocenters. The first kappa shape index (κ1) is 17.0. The van der Waals surface area contributed by atoms with Crippen LogP contribution in [0.2, 0.25) is 0 Å². The Morgan fingerprint density at radius 2 is 1.76 bits per heavy atom. The highest BCUT2D eigenvalue weighted by atomic mass is 32.2. The summed E-state index contributed by atoms with van der Waals surface area (Å²) in [5.41, 5.74) is -0.0716. The number of anilines is 1. The van der Waals surface area contributed by atoms with Gasteiger partial charge in [0.2, 0.25) is 0 Å². The van der Waals surface area contributed by atoms with E-state index in [-0.39, 0.29) is 10.6 Å². The summed E-state index contributed by atoms with van der Waals surface area (Å²) in [4.78, 5) is 3.51. The summed E-state index contributed by atoms with van der Waals surface area (Å²) in [5, 5.41) is 0. The minimum Gasteiger partial charge on any atom is -0.444 e. The van der Waals surface area contributed by atoms with Gasteiger partial charge in [-0.05, 0) is 36.4 Å². The van der Waals surface area contributed by atoms with Crippen molar-refractivity contribution in [1.29, 1.82) is 0 Å². The zero-order valence-corrected chi connectivity index (χ0v) is 13.3. The molecule has 0 radical (unpaired) electrons. The first-order chi connectivity index (χ1) is 11.8. The summed E-state index contributed by atoms with van der Waals surface area (Å²) >= 11 is 0. The molecule has 5 nitrogen and oxygen atoms in total. The predicted octanol–water partition coefficient (Wildman–Crippen LogP) is 4.16. The molecule has 3 aromatic rings. The molecule has 0 aliphatic carbocycles. The summed E-state index contributed by atoms with van der Waals surface area (Å²) in [6.07, 6.45) is -1.81. The molecule has 0 fully saturated rings. The second kappa shape index (κ2) is 6.25. The quantitative estimate of drug-likeness (QED) is 0.751. The van der Waals surface area contributed by atoms with Crippen molar-refractivity contribution < 1.29 is 26.0 Å². The van der Waals surface area contributed by atoms with Crippen LogP contribution in [-0.4, -0.2) is 13.4 Å². The van der Waals surface area contributed by atoms with Crippen LogP contribution in [-0.2, 0) is 16.2 Å². The van der Waals surface area contributed by atoms with Crippen molar-refractivity contribution in [3.05, 3.63) is 66.7 Å². The lowest BCUT2D eigenvalue weighted by atomic mass is 10.2. The Balaban J connectivity index is 1.86. The molecule has 1 heterocycles. The number of oxazole rings is 1.